The molecule has 0 aromatic heterocycles. The quantitative estimate of drug-likeness (QED) is 0.356. The molecule has 4 N–H and O–H groups in total. The van der Waals surface area contributed by atoms with Crippen molar-refractivity contribution in [3.05, 3.63) is 89.5 Å². The molecule has 1 saturated heterocycles. The second-order valence-corrected chi connectivity index (χ2v) is 9.82. The Balaban J connectivity index is 1.50. The number of carbonyl (C=O) groups excluding carboxylic acids is 1. The summed E-state index contributed by atoms with van der Waals surface area (Å²) in [4.78, 5) is 13.2. The third kappa shape index (κ3) is 5.17. The zero-order valence-electron chi connectivity index (χ0n) is 18.5. The second kappa shape index (κ2) is 10.2. The van der Waals surface area contributed by atoms with Crippen LogP contribution >= 0.6 is 0 Å². The summed E-state index contributed by atoms with van der Waals surface area (Å²) in [7, 11) is -3.58. The van der Waals surface area contributed by atoms with Crippen LogP contribution in [0, 0.1) is 5.41 Å². The van der Waals surface area contributed by atoms with Crippen LogP contribution in [0.5, 0.6) is 0 Å². The fraction of sp³-hybridized carbons (Fsp3) is 0.200. The molecule has 1 fully saturated rings. The van der Waals surface area contributed by atoms with E-state index in [-0.39, 0.29) is 16.6 Å². The molecule has 0 saturated carbocycles. The minimum absolute atomic E-state index is 0.00623. The van der Waals surface area contributed by atoms with Crippen molar-refractivity contribution in [2.75, 3.05) is 26.3 Å². The lowest BCUT2D eigenvalue weighted by molar-refractivity contribution is 0.0730. The average Bonchev–Trinajstić information content (AvgIpc) is 2.88. The number of hydrogen-bond acceptors (Lipinski definition) is 5. The van der Waals surface area contributed by atoms with E-state index >= 15 is 0 Å². The normalized spacial score (nSPS) is 14.5. The predicted molar refractivity (Wildman–Crippen MR) is 130 cm³/mol. The first-order valence-electron chi connectivity index (χ1n) is 10.8. The van der Waals surface area contributed by atoms with Gasteiger partial charge in [0.2, 0.25) is 10.0 Å². The number of amidine groups is 1. The summed E-state index contributed by atoms with van der Waals surface area (Å²) in [6.07, 6.45) is 0. The van der Waals surface area contributed by atoms with E-state index in [4.69, 9.17) is 15.9 Å². The van der Waals surface area contributed by atoms with Gasteiger partial charge in [0.25, 0.3) is 5.91 Å². The van der Waals surface area contributed by atoms with Crippen molar-refractivity contribution >= 4 is 21.8 Å². The van der Waals surface area contributed by atoms with Gasteiger partial charge in [0.05, 0.1) is 18.1 Å². The fourth-order valence-electron chi connectivity index (χ4n) is 3.76. The van der Waals surface area contributed by atoms with E-state index in [1.807, 2.05) is 24.3 Å². The first-order chi connectivity index (χ1) is 16.4. The van der Waals surface area contributed by atoms with Gasteiger partial charge in [-0.2, -0.15) is 4.31 Å². The Morgan fingerprint density at radius 3 is 2.26 bits per heavy atom. The highest BCUT2D eigenvalue weighted by atomic mass is 32.2. The zero-order valence-corrected chi connectivity index (χ0v) is 19.3. The molecule has 0 atom stereocenters. The van der Waals surface area contributed by atoms with Gasteiger partial charge in [0.1, 0.15) is 5.84 Å². The van der Waals surface area contributed by atoms with Crippen LogP contribution in [0.15, 0.2) is 77.7 Å². The van der Waals surface area contributed by atoms with Gasteiger partial charge in [-0.05, 0) is 34.9 Å². The van der Waals surface area contributed by atoms with Gasteiger partial charge in [-0.25, -0.2) is 8.42 Å². The Bertz CT molecular complexity index is 1280. The van der Waals surface area contributed by atoms with Gasteiger partial charge in [-0.15, -0.1) is 0 Å². The second-order valence-electron chi connectivity index (χ2n) is 7.88. The third-order valence-electron chi connectivity index (χ3n) is 5.66. The Morgan fingerprint density at radius 1 is 0.971 bits per heavy atom. The predicted octanol–water partition coefficient (Wildman–Crippen LogP) is 2.59. The van der Waals surface area contributed by atoms with E-state index in [0.717, 1.165) is 11.1 Å². The Labute approximate surface area is 198 Å². The van der Waals surface area contributed by atoms with Crippen LogP contribution in [0.4, 0.5) is 0 Å². The number of nitrogen functional groups attached to an aromatic ring is 1. The number of nitrogens with one attached hydrogen (secondary N) is 2. The molecule has 176 valence electrons. The third-order valence-corrected chi connectivity index (χ3v) is 7.58. The zero-order chi connectivity index (χ0) is 24.1. The molecular weight excluding hydrogens is 452 g/mol. The van der Waals surface area contributed by atoms with Crippen LogP contribution in [0.25, 0.3) is 11.1 Å². The number of benzene rings is 3. The van der Waals surface area contributed by atoms with Crippen LogP contribution in [-0.2, 0) is 21.3 Å². The number of carbonyl (C=O) groups is 1. The standard InChI is InChI=1S/C25H26N4O4S/c26-24(27)20-7-5-18(6-8-20)17-28-25(30)23-4-2-1-3-22(23)19-9-11-21(12-10-19)34(31,32)29-13-15-33-16-14-29/h1-12H,13-17H2,(H3,26,27)(H,28,30). The molecule has 0 unspecified atom stereocenters. The average molecular weight is 479 g/mol. The van der Waals surface area contributed by atoms with Crippen molar-refractivity contribution in [2.45, 2.75) is 11.4 Å². The summed E-state index contributed by atoms with van der Waals surface area (Å²) < 4.78 is 32.4. The molecule has 9 heteroatoms. The Hall–Kier alpha value is -3.53. The molecule has 0 radical (unpaired) electrons. The lowest BCUT2D eigenvalue weighted by Crippen LogP contribution is -2.40. The fourth-order valence-corrected chi connectivity index (χ4v) is 5.16. The van der Waals surface area contributed by atoms with Gasteiger partial charge in [-0.1, -0.05) is 54.6 Å². The maximum absolute atomic E-state index is 12.9. The molecule has 3 aromatic rings. The SMILES string of the molecule is N=C(N)c1ccc(CNC(=O)c2ccccc2-c2ccc(S(=O)(=O)N3CCOCC3)cc2)cc1. The summed E-state index contributed by atoms with van der Waals surface area (Å²) in [5.41, 5.74) is 8.94. The molecule has 1 heterocycles. The topological polar surface area (TPSA) is 126 Å². The van der Waals surface area contributed by atoms with E-state index in [9.17, 15) is 13.2 Å². The molecule has 0 bridgehead atoms. The molecule has 3 aromatic carbocycles. The number of amides is 1. The van der Waals surface area contributed by atoms with E-state index in [0.29, 0.717) is 49.5 Å². The summed E-state index contributed by atoms with van der Waals surface area (Å²) in [6, 6.07) is 20.9. The highest BCUT2D eigenvalue weighted by Crippen LogP contribution is 2.26. The summed E-state index contributed by atoms with van der Waals surface area (Å²) in [5.74, 6) is -0.246. The van der Waals surface area contributed by atoms with Crippen LogP contribution < -0.4 is 11.1 Å². The largest absolute Gasteiger partial charge is 0.384 e. The minimum Gasteiger partial charge on any atom is -0.384 e. The van der Waals surface area contributed by atoms with Crippen LogP contribution in [0.1, 0.15) is 21.5 Å². The maximum Gasteiger partial charge on any atom is 0.252 e. The van der Waals surface area contributed by atoms with Crippen molar-refractivity contribution < 1.29 is 17.9 Å². The van der Waals surface area contributed by atoms with E-state index in [1.54, 1.807) is 48.5 Å². The van der Waals surface area contributed by atoms with Gasteiger partial charge >= 0.3 is 0 Å². The number of ether oxygens (including phenoxy) is 1. The van der Waals surface area contributed by atoms with Crippen molar-refractivity contribution in [3.63, 3.8) is 0 Å². The lowest BCUT2D eigenvalue weighted by Gasteiger charge is -2.26. The van der Waals surface area contributed by atoms with Crippen LogP contribution in [-0.4, -0.2) is 50.8 Å². The molecule has 1 amide bonds. The number of hydrogen-bond donors (Lipinski definition) is 3. The van der Waals surface area contributed by atoms with Crippen molar-refractivity contribution in [1.29, 1.82) is 5.41 Å². The number of sulfonamides is 1. The number of nitrogens with zero attached hydrogens (tertiary/aromatic N) is 1. The van der Waals surface area contributed by atoms with E-state index in [1.165, 1.54) is 4.31 Å². The van der Waals surface area contributed by atoms with E-state index in [2.05, 4.69) is 5.32 Å². The molecule has 8 nitrogen and oxygen atoms in total. The Morgan fingerprint density at radius 2 is 1.62 bits per heavy atom. The molecule has 4 rings (SSSR count). The first kappa shape index (κ1) is 23.6. The molecule has 34 heavy (non-hydrogen) atoms. The maximum atomic E-state index is 12.9. The monoisotopic (exact) mass is 478 g/mol. The highest BCUT2D eigenvalue weighted by Gasteiger charge is 2.26. The number of nitrogens with two attached hydrogens (primary N) is 1. The van der Waals surface area contributed by atoms with Crippen LogP contribution in [0.3, 0.4) is 0 Å². The molecule has 1 aliphatic rings. The number of rotatable bonds is 7. The van der Waals surface area contributed by atoms with Gasteiger partial charge in [-0.3, -0.25) is 10.2 Å². The van der Waals surface area contributed by atoms with Gasteiger partial charge in [0.15, 0.2) is 0 Å². The molecule has 1 aliphatic heterocycles. The van der Waals surface area contributed by atoms with Crippen LogP contribution in [0.2, 0.25) is 0 Å². The minimum atomic E-state index is -3.58. The summed E-state index contributed by atoms with van der Waals surface area (Å²) in [6.45, 7) is 1.78. The highest BCUT2D eigenvalue weighted by molar-refractivity contribution is 7.89. The molecule has 0 spiro atoms. The molecule has 0 aliphatic carbocycles. The van der Waals surface area contributed by atoms with Gasteiger partial charge in [0, 0.05) is 30.8 Å². The van der Waals surface area contributed by atoms with Crippen molar-refractivity contribution in [1.82, 2.24) is 9.62 Å². The summed E-state index contributed by atoms with van der Waals surface area (Å²) >= 11 is 0. The summed E-state index contributed by atoms with van der Waals surface area (Å²) in [5, 5.41) is 10.4. The molecular formula is C25H26N4O4S. The van der Waals surface area contributed by atoms with Crippen molar-refractivity contribution in [3.8, 4) is 11.1 Å². The smallest absolute Gasteiger partial charge is 0.252 e. The van der Waals surface area contributed by atoms with Crippen molar-refractivity contribution in [2.24, 2.45) is 5.73 Å². The Kier molecular flexibility index (Phi) is 7.06. The van der Waals surface area contributed by atoms with Gasteiger partial charge < -0.3 is 15.8 Å². The number of morpholine rings is 1. The van der Waals surface area contributed by atoms with E-state index < -0.39 is 10.0 Å². The first-order valence-corrected chi connectivity index (χ1v) is 12.3. The lowest BCUT2D eigenvalue weighted by atomic mass is 9.99.